The molecule has 5 heterocycles. The van der Waals surface area contributed by atoms with E-state index in [4.69, 9.17) is 0 Å². The van der Waals surface area contributed by atoms with E-state index in [1.807, 2.05) is 6.92 Å². The van der Waals surface area contributed by atoms with Gasteiger partial charge in [-0.25, -0.2) is 0 Å². The molecule has 6 nitrogen and oxygen atoms in total. The van der Waals surface area contributed by atoms with Gasteiger partial charge < -0.3 is 25.4 Å². The molecule has 3 aromatic heterocycles. The number of aliphatic hydroxyl groups is 1. The van der Waals surface area contributed by atoms with Gasteiger partial charge in [0.25, 0.3) is 0 Å². The Hall–Kier alpha value is -3.51. The molecule has 6 heteroatoms. The van der Waals surface area contributed by atoms with E-state index in [0.717, 1.165) is 78.3 Å². The first-order valence-electron chi connectivity index (χ1n) is 12.4. The minimum atomic E-state index is -0.0290. The molecule has 35 heavy (non-hydrogen) atoms. The van der Waals surface area contributed by atoms with Gasteiger partial charge in [-0.1, -0.05) is 13.8 Å². The average Bonchev–Trinajstić information content (AvgIpc) is 3.55. The summed E-state index contributed by atoms with van der Waals surface area (Å²) in [6.07, 6.45) is 6.80. The molecule has 2 aliphatic heterocycles. The molecule has 2 atom stereocenters. The average molecular weight is 469 g/mol. The van der Waals surface area contributed by atoms with Crippen molar-refractivity contribution in [2.45, 2.75) is 54.6 Å². The van der Waals surface area contributed by atoms with Gasteiger partial charge in [0.05, 0.1) is 12.3 Å². The van der Waals surface area contributed by atoms with E-state index in [1.54, 1.807) is 0 Å². The van der Waals surface area contributed by atoms with Gasteiger partial charge in [0, 0.05) is 74.1 Å². The Labute approximate surface area is 204 Å². The number of Topliss-reactive ketones (excluding diaryl/α,β-unsaturated/α-hetero) is 1. The predicted octanol–water partition coefficient (Wildman–Crippen LogP) is 3.58. The van der Waals surface area contributed by atoms with Gasteiger partial charge in [-0.15, -0.1) is 0 Å². The number of aromatic amines is 3. The number of aromatic nitrogens is 3. The zero-order valence-corrected chi connectivity index (χ0v) is 21.2. The fourth-order valence-corrected chi connectivity index (χ4v) is 5.94. The van der Waals surface area contributed by atoms with E-state index in [-0.39, 0.29) is 24.2 Å². The van der Waals surface area contributed by atoms with Crippen LogP contribution in [0.5, 0.6) is 0 Å². The highest BCUT2D eigenvalue weighted by atomic mass is 16.3. The van der Waals surface area contributed by atoms with Crippen molar-refractivity contribution in [3.05, 3.63) is 78.2 Å². The highest BCUT2D eigenvalue weighted by molar-refractivity contribution is 6.13. The second-order valence-electron chi connectivity index (χ2n) is 10.4. The Kier molecular flexibility index (Phi) is 4.71. The quantitative estimate of drug-likeness (QED) is 0.378. The van der Waals surface area contributed by atoms with E-state index in [0.29, 0.717) is 6.42 Å². The standard InChI is InChI=1S/C29H32N4O2/c1-12-13(2)21-10-25-19(11-34)16(5)23(31-25)9-22-14(3)15(4)28(32-22)18-7-26(35)27-17(6)24(33-29(18)27)8-20(12)30-21/h8-10,14-15,30-34H,7,11H2,1-6H3/b20-8-,21-10-,22-9-,28-18-/t14-,15-/m0/s1. The Morgan fingerprint density at radius 2 is 1.49 bits per heavy atom. The molecule has 3 aliphatic rings. The normalized spacial score (nSPS) is 26.1. The number of allylic oxidation sites excluding steroid dienone is 3. The monoisotopic (exact) mass is 468 g/mol. The smallest absolute Gasteiger partial charge is 0.169 e. The minimum absolute atomic E-state index is 0.0290. The molecule has 6 rings (SSSR count). The molecule has 0 radical (unpaired) electrons. The third-order valence-corrected chi connectivity index (χ3v) is 8.63. The van der Waals surface area contributed by atoms with Crippen LogP contribution in [0, 0.1) is 39.5 Å². The van der Waals surface area contributed by atoms with Crippen molar-refractivity contribution >= 4 is 29.6 Å². The number of nitrogens with one attached hydrogen (secondary N) is 4. The number of H-pyrrole nitrogens is 3. The summed E-state index contributed by atoms with van der Waals surface area (Å²) in [5, 5.41) is 15.9. The molecule has 3 aromatic rings. The summed E-state index contributed by atoms with van der Waals surface area (Å²) in [5.74, 6) is 0.718. The van der Waals surface area contributed by atoms with Gasteiger partial charge in [-0.05, 0) is 68.2 Å². The molecule has 8 bridgehead atoms. The first-order valence-corrected chi connectivity index (χ1v) is 12.4. The SMILES string of the molecule is Cc1c2[nH]c(c1CO)/C=c1\[nH]/c(c(C)c1C)=C\c1[nH]c3c(c1C)C(=O)C/C3=C1/N/C(=C\2)[C@@H](C)[C@@H]1C. The van der Waals surface area contributed by atoms with E-state index in [9.17, 15) is 9.90 Å². The van der Waals surface area contributed by atoms with Gasteiger partial charge in [0.2, 0.25) is 0 Å². The maximum atomic E-state index is 13.1. The lowest BCUT2D eigenvalue weighted by molar-refractivity contribution is 0.100. The number of aliphatic hydroxyl groups excluding tert-OH is 1. The lowest BCUT2D eigenvalue weighted by atomic mass is 9.92. The van der Waals surface area contributed by atoms with Gasteiger partial charge in [0.15, 0.2) is 5.78 Å². The lowest BCUT2D eigenvalue weighted by Crippen LogP contribution is -2.12. The maximum absolute atomic E-state index is 13.1. The van der Waals surface area contributed by atoms with Gasteiger partial charge in [-0.3, -0.25) is 4.79 Å². The van der Waals surface area contributed by atoms with Crippen LogP contribution in [-0.2, 0) is 6.61 Å². The fourth-order valence-electron chi connectivity index (χ4n) is 5.94. The van der Waals surface area contributed by atoms with Gasteiger partial charge in [-0.2, -0.15) is 0 Å². The Morgan fingerprint density at radius 3 is 2.17 bits per heavy atom. The number of hydrogen-bond donors (Lipinski definition) is 5. The number of carbonyl (C=O) groups is 1. The van der Waals surface area contributed by atoms with Crippen LogP contribution in [0.15, 0.2) is 11.4 Å². The third-order valence-electron chi connectivity index (χ3n) is 8.63. The maximum Gasteiger partial charge on any atom is 0.169 e. The number of ketones is 1. The van der Waals surface area contributed by atoms with Gasteiger partial charge in [0.1, 0.15) is 0 Å². The minimum Gasteiger partial charge on any atom is -0.392 e. The number of carbonyl (C=O) groups excluding carboxylic acids is 1. The zero-order valence-electron chi connectivity index (χ0n) is 21.2. The topological polar surface area (TPSA) is 96.7 Å². The summed E-state index contributed by atoms with van der Waals surface area (Å²) < 4.78 is 0. The summed E-state index contributed by atoms with van der Waals surface area (Å²) >= 11 is 0. The van der Waals surface area contributed by atoms with Crippen molar-refractivity contribution in [3.63, 3.8) is 0 Å². The number of hydrogen-bond acceptors (Lipinski definition) is 3. The van der Waals surface area contributed by atoms with Crippen molar-refractivity contribution in [1.29, 1.82) is 0 Å². The molecule has 0 saturated carbocycles. The second-order valence-corrected chi connectivity index (χ2v) is 10.4. The predicted molar refractivity (Wildman–Crippen MR) is 139 cm³/mol. The summed E-state index contributed by atoms with van der Waals surface area (Å²) in [4.78, 5) is 23.9. The molecule has 180 valence electrons. The number of fused-ring (bicyclic) bond motifs is 7. The first-order chi connectivity index (χ1) is 16.7. The third kappa shape index (κ3) is 3.02. The van der Waals surface area contributed by atoms with Gasteiger partial charge >= 0.3 is 0 Å². The number of rotatable bonds is 1. The molecular formula is C29H32N4O2. The summed E-state index contributed by atoms with van der Waals surface area (Å²) in [6.45, 7) is 12.7. The molecule has 1 saturated heterocycles. The highest BCUT2D eigenvalue weighted by Gasteiger charge is 2.37. The largest absolute Gasteiger partial charge is 0.392 e. The van der Waals surface area contributed by atoms with Crippen LogP contribution in [-0.4, -0.2) is 25.8 Å². The van der Waals surface area contributed by atoms with Crippen LogP contribution in [0.25, 0.3) is 23.8 Å². The Balaban J connectivity index is 1.72. The molecule has 0 spiro atoms. The Bertz CT molecular complexity index is 1620. The first kappa shape index (κ1) is 22.0. The van der Waals surface area contributed by atoms with Crippen LogP contribution in [0.2, 0.25) is 0 Å². The van der Waals surface area contributed by atoms with E-state index < -0.39 is 0 Å². The van der Waals surface area contributed by atoms with Crippen LogP contribution >= 0.6 is 0 Å². The van der Waals surface area contributed by atoms with E-state index in [2.05, 4.69) is 73.1 Å². The fraction of sp³-hybridized carbons (Fsp3) is 0.345. The Morgan fingerprint density at radius 1 is 0.829 bits per heavy atom. The lowest BCUT2D eigenvalue weighted by Gasteiger charge is -2.11. The highest BCUT2D eigenvalue weighted by Crippen LogP contribution is 2.43. The van der Waals surface area contributed by atoms with Crippen LogP contribution in [0.3, 0.4) is 0 Å². The molecule has 0 amide bonds. The van der Waals surface area contributed by atoms with E-state index >= 15 is 0 Å². The van der Waals surface area contributed by atoms with Crippen molar-refractivity contribution in [1.82, 2.24) is 20.3 Å². The van der Waals surface area contributed by atoms with Crippen LogP contribution in [0.1, 0.15) is 81.2 Å². The van der Waals surface area contributed by atoms with Crippen molar-refractivity contribution in [2.75, 3.05) is 0 Å². The second kappa shape index (κ2) is 7.49. The van der Waals surface area contributed by atoms with Crippen molar-refractivity contribution < 1.29 is 9.90 Å². The molecule has 5 N–H and O–H groups in total. The molecule has 0 aromatic carbocycles. The molecule has 0 unspecified atom stereocenters. The van der Waals surface area contributed by atoms with Crippen LogP contribution < -0.4 is 16.0 Å². The molecule has 1 aliphatic carbocycles. The summed E-state index contributed by atoms with van der Waals surface area (Å²) in [5.41, 5.74) is 13.3. The molecule has 1 fully saturated rings. The molecular weight excluding hydrogens is 436 g/mol. The van der Waals surface area contributed by atoms with Crippen LogP contribution in [0.4, 0.5) is 0 Å². The van der Waals surface area contributed by atoms with Crippen molar-refractivity contribution in [2.24, 2.45) is 11.8 Å². The summed E-state index contributed by atoms with van der Waals surface area (Å²) in [6, 6.07) is 0. The summed E-state index contributed by atoms with van der Waals surface area (Å²) in [7, 11) is 0. The van der Waals surface area contributed by atoms with E-state index in [1.165, 1.54) is 5.56 Å². The van der Waals surface area contributed by atoms with Crippen molar-refractivity contribution in [3.8, 4) is 0 Å². The zero-order chi connectivity index (χ0) is 24.8.